The minimum absolute atomic E-state index is 0.934. The standard InChI is InChI=1S/C67H41N5/c1-3-15-48-37-63-55(35-46(48)13-1)52-17-5-7-21-61(52)71(63)50-31-32-54-57(39-50)65(44-27-23-42(24-28-44)59-19-9-11-33-68-59)66(45-29-25-43(26-30-45)60-20-10-12-34-69-60)58-40-51(41-70-67(54)58)72-62-22-8-6-18-53(62)56-36-47-14-2-4-16-49(47)38-64(56)72/h1-41H. The number of pyridine rings is 3. The Morgan fingerprint density at radius 3 is 1.24 bits per heavy atom. The van der Waals surface area contributed by atoms with E-state index in [4.69, 9.17) is 15.0 Å². The molecule has 0 N–H and O–H groups in total. The number of hydrogen-bond donors (Lipinski definition) is 0. The smallest absolute Gasteiger partial charge is 0.0788 e. The molecule has 0 saturated carbocycles. The Kier molecular flexibility index (Phi) is 8.89. The van der Waals surface area contributed by atoms with Gasteiger partial charge in [-0.3, -0.25) is 15.0 Å². The summed E-state index contributed by atoms with van der Waals surface area (Å²) in [7, 11) is 0. The van der Waals surface area contributed by atoms with Crippen LogP contribution in [0.25, 0.3) is 143 Å². The number of aromatic nitrogens is 5. The van der Waals surface area contributed by atoms with Crippen molar-refractivity contribution in [3.05, 3.63) is 249 Å². The minimum atomic E-state index is 0.934. The van der Waals surface area contributed by atoms with E-state index >= 15 is 0 Å². The third-order valence-electron chi connectivity index (χ3n) is 14.8. The molecule has 334 valence electrons. The van der Waals surface area contributed by atoms with E-state index in [0.717, 1.165) is 94.4 Å². The van der Waals surface area contributed by atoms with Crippen molar-refractivity contribution in [1.82, 2.24) is 24.1 Å². The van der Waals surface area contributed by atoms with Gasteiger partial charge < -0.3 is 9.13 Å². The van der Waals surface area contributed by atoms with Gasteiger partial charge in [-0.05, 0) is 128 Å². The molecule has 15 aromatic rings. The van der Waals surface area contributed by atoms with Gasteiger partial charge in [0.05, 0.1) is 50.9 Å². The molecule has 0 aliphatic carbocycles. The molecule has 0 atom stereocenters. The lowest BCUT2D eigenvalue weighted by Gasteiger charge is -2.21. The Hall–Kier alpha value is -9.71. The van der Waals surface area contributed by atoms with E-state index in [2.05, 4.69) is 222 Å². The van der Waals surface area contributed by atoms with Gasteiger partial charge in [-0.1, -0.05) is 152 Å². The highest BCUT2D eigenvalue weighted by Crippen LogP contribution is 2.47. The van der Waals surface area contributed by atoms with E-state index in [0.29, 0.717) is 0 Å². The minimum Gasteiger partial charge on any atom is -0.309 e. The van der Waals surface area contributed by atoms with Gasteiger partial charge in [0.25, 0.3) is 0 Å². The summed E-state index contributed by atoms with van der Waals surface area (Å²) >= 11 is 0. The molecular weight excluding hydrogens is 875 g/mol. The van der Waals surface area contributed by atoms with Crippen LogP contribution in [0.15, 0.2) is 249 Å². The Morgan fingerprint density at radius 1 is 0.264 bits per heavy atom. The van der Waals surface area contributed by atoms with Crippen LogP contribution in [0.2, 0.25) is 0 Å². The first-order chi connectivity index (χ1) is 35.7. The summed E-state index contributed by atoms with van der Waals surface area (Å²) in [6.45, 7) is 0. The zero-order valence-corrected chi connectivity index (χ0v) is 38.9. The highest BCUT2D eigenvalue weighted by Gasteiger charge is 2.23. The van der Waals surface area contributed by atoms with Gasteiger partial charge in [0, 0.05) is 61.5 Å². The van der Waals surface area contributed by atoms with Crippen LogP contribution in [0.4, 0.5) is 0 Å². The van der Waals surface area contributed by atoms with Gasteiger partial charge >= 0.3 is 0 Å². The zero-order chi connectivity index (χ0) is 47.3. The average molecular weight is 916 g/mol. The molecule has 0 bridgehead atoms. The van der Waals surface area contributed by atoms with Crippen molar-refractivity contribution >= 4 is 86.8 Å². The van der Waals surface area contributed by atoms with Gasteiger partial charge in [-0.25, -0.2) is 0 Å². The molecule has 0 saturated heterocycles. The Morgan fingerprint density at radius 2 is 0.708 bits per heavy atom. The van der Waals surface area contributed by atoms with Crippen molar-refractivity contribution in [2.45, 2.75) is 0 Å². The third-order valence-corrected chi connectivity index (χ3v) is 14.8. The summed E-state index contributed by atoms with van der Waals surface area (Å²) in [6, 6.07) is 83.6. The molecule has 5 heterocycles. The molecular formula is C67H41N5. The van der Waals surface area contributed by atoms with E-state index < -0.39 is 0 Å². The molecule has 72 heavy (non-hydrogen) atoms. The lowest BCUT2D eigenvalue weighted by Crippen LogP contribution is -2.00. The van der Waals surface area contributed by atoms with Gasteiger partial charge in [-0.15, -0.1) is 0 Å². The second-order valence-corrected chi connectivity index (χ2v) is 18.8. The van der Waals surface area contributed by atoms with Crippen molar-refractivity contribution in [1.29, 1.82) is 0 Å². The molecule has 15 rings (SSSR count). The Bertz CT molecular complexity index is 4350. The van der Waals surface area contributed by atoms with Crippen molar-refractivity contribution in [2.75, 3.05) is 0 Å². The topological polar surface area (TPSA) is 48.5 Å². The number of hydrogen-bond acceptors (Lipinski definition) is 3. The van der Waals surface area contributed by atoms with E-state index in [-0.39, 0.29) is 0 Å². The molecule has 10 aromatic carbocycles. The summed E-state index contributed by atoms with van der Waals surface area (Å²) in [5, 5.41) is 13.0. The molecule has 0 spiro atoms. The van der Waals surface area contributed by atoms with E-state index in [9.17, 15) is 0 Å². The number of fused-ring (bicyclic) bond motifs is 11. The molecule has 5 nitrogen and oxygen atoms in total. The zero-order valence-electron chi connectivity index (χ0n) is 38.9. The summed E-state index contributed by atoms with van der Waals surface area (Å²) < 4.78 is 4.84. The summed E-state index contributed by atoms with van der Waals surface area (Å²) in [6.07, 6.45) is 5.79. The van der Waals surface area contributed by atoms with Crippen LogP contribution in [-0.2, 0) is 0 Å². The van der Waals surface area contributed by atoms with Crippen LogP contribution in [0.5, 0.6) is 0 Å². The molecule has 0 aliphatic rings. The molecule has 0 unspecified atom stereocenters. The lowest BCUT2D eigenvalue weighted by molar-refractivity contribution is 1.16. The summed E-state index contributed by atoms with van der Waals surface area (Å²) in [5.41, 5.74) is 16.1. The van der Waals surface area contributed by atoms with Gasteiger partial charge in [0.15, 0.2) is 0 Å². The first-order valence-electron chi connectivity index (χ1n) is 24.5. The van der Waals surface area contributed by atoms with Crippen LogP contribution >= 0.6 is 0 Å². The maximum Gasteiger partial charge on any atom is 0.0788 e. The van der Waals surface area contributed by atoms with Crippen molar-refractivity contribution in [2.24, 2.45) is 0 Å². The fraction of sp³-hybridized carbons (Fsp3) is 0. The van der Waals surface area contributed by atoms with Crippen LogP contribution in [0.3, 0.4) is 0 Å². The largest absolute Gasteiger partial charge is 0.309 e. The predicted molar refractivity (Wildman–Crippen MR) is 300 cm³/mol. The summed E-state index contributed by atoms with van der Waals surface area (Å²) in [5.74, 6) is 0. The van der Waals surface area contributed by atoms with Gasteiger partial charge in [0.1, 0.15) is 0 Å². The number of rotatable bonds is 6. The quantitative estimate of drug-likeness (QED) is 0.156. The molecule has 0 radical (unpaired) electrons. The van der Waals surface area contributed by atoms with Crippen molar-refractivity contribution in [3.8, 4) is 56.1 Å². The summed E-state index contributed by atoms with van der Waals surface area (Å²) in [4.78, 5) is 15.0. The van der Waals surface area contributed by atoms with Crippen LogP contribution in [-0.4, -0.2) is 24.1 Å². The molecule has 5 heteroatoms. The molecule has 5 aromatic heterocycles. The van der Waals surface area contributed by atoms with Gasteiger partial charge in [-0.2, -0.15) is 0 Å². The normalized spacial score (nSPS) is 11.9. The second kappa shape index (κ2) is 15.9. The first kappa shape index (κ1) is 40.2. The van der Waals surface area contributed by atoms with E-state index in [1.807, 2.05) is 36.7 Å². The Balaban J connectivity index is 1.06. The number of para-hydroxylation sites is 2. The SMILES string of the molecule is c1ccc(-c2ccc(-c3c(-c4ccc(-c5ccccn5)cc4)c4cc(-n5c6ccccc6c6cc7ccccc7cc65)cnc4c4ccc(-n5c6ccccc6c6cc7ccccc7cc65)cc34)cc2)nc1. The fourth-order valence-electron chi connectivity index (χ4n) is 11.5. The molecule has 0 amide bonds. The fourth-order valence-corrected chi connectivity index (χ4v) is 11.5. The van der Waals surface area contributed by atoms with Crippen LogP contribution < -0.4 is 0 Å². The van der Waals surface area contributed by atoms with Gasteiger partial charge in [0.2, 0.25) is 0 Å². The van der Waals surface area contributed by atoms with Crippen molar-refractivity contribution < 1.29 is 0 Å². The highest BCUT2D eigenvalue weighted by atomic mass is 15.0. The number of nitrogens with zero attached hydrogens (tertiary/aromatic N) is 5. The predicted octanol–water partition coefficient (Wildman–Crippen LogP) is 17.3. The Labute approximate surface area is 414 Å². The maximum absolute atomic E-state index is 5.56. The monoisotopic (exact) mass is 915 g/mol. The lowest BCUT2D eigenvalue weighted by atomic mass is 9.85. The number of benzene rings is 10. The van der Waals surface area contributed by atoms with Crippen molar-refractivity contribution in [3.63, 3.8) is 0 Å². The van der Waals surface area contributed by atoms with E-state index in [1.165, 1.54) is 48.6 Å². The highest BCUT2D eigenvalue weighted by molar-refractivity contribution is 6.22. The average Bonchev–Trinajstić information content (AvgIpc) is 3.95. The van der Waals surface area contributed by atoms with Crippen LogP contribution in [0.1, 0.15) is 0 Å². The second-order valence-electron chi connectivity index (χ2n) is 18.8. The third kappa shape index (κ3) is 6.24. The first-order valence-corrected chi connectivity index (χ1v) is 24.5. The molecule has 0 fully saturated rings. The van der Waals surface area contributed by atoms with E-state index in [1.54, 1.807) is 0 Å². The maximum atomic E-state index is 5.56. The van der Waals surface area contributed by atoms with Crippen LogP contribution in [0, 0.1) is 0 Å². The molecule has 0 aliphatic heterocycles.